The highest BCUT2D eigenvalue weighted by molar-refractivity contribution is 5.90. The van der Waals surface area contributed by atoms with Crippen molar-refractivity contribution < 1.29 is 9.53 Å². The first-order valence-corrected chi connectivity index (χ1v) is 10.9. The molecule has 2 aliphatic rings. The molecule has 2 fully saturated rings. The Bertz CT molecular complexity index is 810. The molecule has 0 saturated carbocycles. The number of hydrogen-bond acceptors (Lipinski definition) is 3. The molecular formula is C24H31N3O2. The molecule has 4 rings (SSSR count). The number of aromatic nitrogens is 1. The Kier molecular flexibility index (Phi) is 6.45. The van der Waals surface area contributed by atoms with Gasteiger partial charge in [0.15, 0.2) is 0 Å². The Morgan fingerprint density at radius 3 is 2.76 bits per heavy atom. The molecule has 5 nitrogen and oxygen atoms in total. The van der Waals surface area contributed by atoms with Crippen LogP contribution in [0.15, 0.2) is 42.6 Å². The fraction of sp³-hybridized carbons (Fsp3) is 0.500. The maximum Gasteiger partial charge on any atom is 0.321 e. The first-order chi connectivity index (χ1) is 14.2. The highest BCUT2D eigenvalue weighted by Gasteiger charge is 2.30. The lowest BCUT2D eigenvalue weighted by Crippen LogP contribution is -2.44. The van der Waals surface area contributed by atoms with Crippen molar-refractivity contribution in [1.29, 1.82) is 0 Å². The quantitative estimate of drug-likeness (QED) is 0.812. The van der Waals surface area contributed by atoms with Crippen molar-refractivity contribution in [2.45, 2.75) is 51.6 Å². The topological polar surface area (TPSA) is 54.5 Å². The molecule has 2 aliphatic heterocycles. The summed E-state index contributed by atoms with van der Waals surface area (Å²) in [7, 11) is 0. The van der Waals surface area contributed by atoms with Crippen molar-refractivity contribution in [2.24, 2.45) is 5.92 Å². The van der Waals surface area contributed by atoms with E-state index in [-0.39, 0.29) is 6.03 Å². The summed E-state index contributed by atoms with van der Waals surface area (Å²) in [6.07, 6.45) is 8.70. The zero-order valence-electron chi connectivity index (χ0n) is 17.3. The summed E-state index contributed by atoms with van der Waals surface area (Å²) in [5.41, 5.74) is 4.15. The molecule has 1 aromatic carbocycles. The molecule has 1 unspecified atom stereocenters. The van der Waals surface area contributed by atoms with Crippen LogP contribution in [0, 0.1) is 12.8 Å². The molecule has 0 aliphatic carbocycles. The Labute approximate surface area is 173 Å². The molecular weight excluding hydrogens is 362 g/mol. The zero-order chi connectivity index (χ0) is 20.1. The van der Waals surface area contributed by atoms with E-state index in [4.69, 9.17) is 4.74 Å². The third-order valence-electron chi connectivity index (χ3n) is 6.22. The summed E-state index contributed by atoms with van der Waals surface area (Å²) < 4.78 is 5.96. The number of carbonyl (C=O) groups is 1. The first kappa shape index (κ1) is 19.9. The predicted molar refractivity (Wildman–Crippen MR) is 115 cm³/mol. The summed E-state index contributed by atoms with van der Waals surface area (Å²) in [6, 6.07) is 12.2. The molecule has 1 aromatic heterocycles. The number of anilines is 1. The normalized spacial score (nSPS) is 20.4. The van der Waals surface area contributed by atoms with Gasteiger partial charge in [0.2, 0.25) is 0 Å². The minimum atomic E-state index is 0.00565. The predicted octanol–water partition coefficient (Wildman–Crippen LogP) is 4.79. The van der Waals surface area contributed by atoms with Crippen LogP contribution in [-0.2, 0) is 11.2 Å². The van der Waals surface area contributed by atoms with Crippen LogP contribution in [0.3, 0.4) is 0 Å². The van der Waals surface area contributed by atoms with Gasteiger partial charge in [0, 0.05) is 43.7 Å². The van der Waals surface area contributed by atoms with Gasteiger partial charge in [-0.3, -0.25) is 4.98 Å². The van der Waals surface area contributed by atoms with Gasteiger partial charge < -0.3 is 15.0 Å². The average Bonchev–Trinajstić information content (AvgIpc) is 2.77. The SMILES string of the molecule is Cc1ccc(Cc2ccccn2)cc1NC(=O)N1CCC(C2CCCCO2)CC1. The molecule has 0 spiro atoms. The number of urea groups is 1. The van der Waals surface area contributed by atoms with Crippen molar-refractivity contribution >= 4 is 11.7 Å². The van der Waals surface area contributed by atoms with Crippen LogP contribution >= 0.6 is 0 Å². The second-order valence-corrected chi connectivity index (χ2v) is 8.31. The molecule has 29 heavy (non-hydrogen) atoms. The van der Waals surface area contributed by atoms with E-state index in [0.717, 1.165) is 61.5 Å². The van der Waals surface area contributed by atoms with Gasteiger partial charge in [-0.2, -0.15) is 0 Å². The Morgan fingerprint density at radius 2 is 2.03 bits per heavy atom. The maximum absolute atomic E-state index is 12.8. The van der Waals surface area contributed by atoms with Crippen molar-refractivity contribution in [1.82, 2.24) is 9.88 Å². The maximum atomic E-state index is 12.8. The van der Waals surface area contributed by atoms with Gasteiger partial charge >= 0.3 is 6.03 Å². The van der Waals surface area contributed by atoms with Crippen molar-refractivity contribution in [2.75, 3.05) is 25.0 Å². The molecule has 2 aromatic rings. The van der Waals surface area contributed by atoms with Gasteiger partial charge in [-0.05, 0) is 74.3 Å². The lowest BCUT2D eigenvalue weighted by Gasteiger charge is -2.37. The molecule has 2 amide bonds. The molecule has 3 heterocycles. The summed E-state index contributed by atoms with van der Waals surface area (Å²) in [5, 5.41) is 3.14. The number of likely N-dealkylation sites (tertiary alicyclic amines) is 1. The second-order valence-electron chi connectivity index (χ2n) is 8.31. The number of nitrogens with one attached hydrogen (secondary N) is 1. The highest BCUT2D eigenvalue weighted by atomic mass is 16.5. The van der Waals surface area contributed by atoms with E-state index in [0.29, 0.717) is 12.0 Å². The van der Waals surface area contributed by atoms with Crippen molar-refractivity contribution in [3.05, 3.63) is 59.4 Å². The second kappa shape index (κ2) is 9.40. The van der Waals surface area contributed by atoms with Crippen LogP contribution in [0.25, 0.3) is 0 Å². The van der Waals surface area contributed by atoms with E-state index in [1.54, 1.807) is 0 Å². The monoisotopic (exact) mass is 393 g/mol. The highest BCUT2D eigenvalue weighted by Crippen LogP contribution is 2.29. The van der Waals surface area contributed by atoms with Gasteiger partial charge in [0.25, 0.3) is 0 Å². The smallest absolute Gasteiger partial charge is 0.321 e. The number of benzene rings is 1. The van der Waals surface area contributed by atoms with Gasteiger partial charge in [-0.25, -0.2) is 4.79 Å². The number of hydrogen-bond donors (Lipinski definition) is 1. The van der Waals surface area contributed by atoms with Crippen LogP contribution < -0.4 is 5.32 Å². The number of pyridine rings is 1. The molecule has 1 N–H and O–H groups in total. The Balaban J connectivity index is 1.34. The minimum Gasteiger partial charge on any atom is -0.378 e. The van der Waals surface area contributed by atoms with Crippen LogP contribution in [0.4, 0.5) is 10.5 Å². The number of piperidine rings is 1. The van der Waals surface area contributed by atoms with E-state index in [9.17, 15) is 4.79 Å². The summed E-state index contributed by atoms with van der Waals surface area (Å²) >= 11 is 0. The average molecular weight is 394 g/mol. The molecule has 154 valence electrons. The van der Waals surface area contributed by atoms with E-state index >= 15 is 0 Å². The van der Waals surface area contributed by atoms with E-state index < -0.39 is 0 Å². The number of ether oxygens (including phenoxy) is 1. The van der Waals surface area contributed by atoms with Gasteiger partial charge in [0.1, 0.15) is 0 Å². The van der Waals surface area contributed by atoms with E-state index in [1.165, 1.54) is 19.3 Å². The van der Waals surface area contributed by atoms with Crippen LogP contribution in [0.2, 0.25) is 0 Å². The minimum absolute atomic E-state index is 0.00565. The largest absolute Gasteiger partial charge is 0.378 e. The van der Waals surface area contributed by atoms with Gasteiger partial charge in [-0.1, -0.05) is 18.2 Å². The molecule has 0 bridgehead atoms. The number of carbonyl (C=O) groups excluding carboxylic acids is 1. The fourth-order valence-electron chi connectivity index (χ4n) is 4.43. The lowest BCUT2D eigenvalue weighted by molar-refractivity contribution is -0.0345. The zero-order valence-corrected chi connectivity index (χ0v) is 17.3. The Morgan fingerprint density at radius 1 is 1.17 bits per heavy atom. The number of aryl methyl sites for hydroxylation is 1. The summed E-state index contributed by atoms with van der Waals surface area (Å²) in [5.74, 6) is 0.600. The third-order valence-corrected chi connectivity index (χ3v) is 6.22. The standard InChI is InChI=1S/C24H31N3O2/c1-18-8-9-19(16-21-6-2-4-12-25-21)17-22(18)26-24(28)27-13-10-20(11-14-27)23-7-3-5-15-29-23/h2,4,6,8-9,12,17,20,23H,3,5,7,10-11,13-16H2,1H3,(H,26,28). The summed E-state index contributed by atoms with van der Waals surface area (Å²) in [6.45, 7) is 4.55. The number of rotatable bonds is 4. The van der Waals surface area contributed by atoms with Crippen LogP contribution in [0.5, 0.6) is 0 Å². The number of amides is 2. The van der Waals surface area contributed by atoms with Crippen LogP contribution in [-0.4, -0.2) is 41.7 Å². The third kappa shape index (κ3) is 5.15. The number of nitrogens with zero attached hydrogens (tertiary/aromatic N) is 2. The van der Waals surface area contributed by atoms with Crippen molar-refractivity contribution in [3.63, 3.8) is 0 Å². The fourth-order valence-corrected chi connectivity index (χ4v) is 4.43. The molecule has 5 heteroatoms. The van der Waals surface area contributed by atoms with Crippen molar-refractivity contribution in [3.8, 4) is 0 Å². The van der Waals surface area contributed by atoms with Gasteiger partial charge in [0.05, 0.1) is 6.10 Å². The van der Waals surface area contributed by atoms with Crippen LogP contribution in [0.1, 0.15) is 48.9 Å². The van der Waals surface area contributed by atoms with E-state index in [1.807, 2.05) is 36.2 Å². The molecule has 1 atom stereocenters. The first-order valence-electron chi connectivity index (χ1n) is 10.9. The molecule has 0 radical (unpaired) electrons. The van der Waals surface area contributed by atoms with E-state index in [2.05, 4.69) is 28.5 Å². The van der Waals surface area contributed by atoms with Gasteiger partial charge in [-0.15, -0.1) is 0 Å². The Hall–Kier alpha value is -2.40. The lowest BCUT2D eigenvalue weighted by atomic mass is 9.87. The molecule has 2 saturated heterocycles. The summed E-state index contributed by atoms with van der Waals surface area (Å²) in [4.78, 5) is 19.2.